The lowest BCUT2D eigenvalue weighted by atomic mass is 10.1. The van der Waals surface area contributed by atoms with Gasteiger partial charge in [-0.1, -0.05) is 30.3 Å². The van der Waals surface area contributed by atoms with Gasteiger partial charge in [0.2, 0.25) is 0 Å². The van der Waals surface area contributed by atoms with Crippen molar-refractivity contribution in [3.8, 4) is 0 Å². The number of hydrogen-bond donors (Lipinski definition) is 0. The summed E-state index contributed by atoms with van der Waals surface area (Å²) in [6.45, 7) is 4.34. The van der Waals surface area contributed by atoms with Gasteiger partial charge in [-0.2, -0.15) is 0 Å². The topological polar surface area (TPSA) is 9.23 Å². The van der Waals surface area contributed by atoms with Gasteiger partial charge in [0.15, 0.2) is 0 Å². The van der Waals surface area contributed by atoms with Crippen molar-refractivity contribution >= 4 is 31.2 Å². The van der Waals surface area contributed by atoms with Gasteiger partial charge in [-0.3, -0.25) is 0 Å². The van der Waals surface area contributed by atoms with Gasteiger partial charge >= 0.3 is 0 Å². The van der Waals surface area contributed by atoms with E-state index >= 15 is 0 Å². The maximum Gasteiger partial charge on any atom is 0.146 e. The quantitative estimate of drug-likeness (QED) is 0.539. The molecule has 0 aliphatic carbocycles. The van der Waals surface area contributed by atoms with Crippen molar-refractivity contribution in [2.24, 2.45) is 0 Å². The van der Waals surface area contributed by atoms with E-state index in [9.17, 15) is 0 Å². The molecule has 0 saturated heterocycles. The zero-order valence-corrected chi connectivity index (χ0v) is 10.8. The molecule has 16 heavy (non-hydrogen) atoms. The molecule has 0 aromatic heterocycles. The lowest BCUT2D eigenvalue weighted by molar-refractivity contribution is 0.615. The Morgan fingerprint density at radius 1 is 1.12 bits per heavy atom. The maximum absolute atomic E-state index is 5.99. The first-order valence-corrected chi connectivity index (χ1v) is 7.67. The second kappa shape index (κ2) is 3.82. The van der Waals surface area contributed by atoms with Crippen LogP contribution in [0.25, 0.3) is 5.76 Å². The van der Waals surface area contributed by atoms with Crippen LogP contribution in [0.3, 0.4) is 0 Å². The van der Waals surface area contributed by atoms with Gasteiger partial charge in [0.1, 0.15) is 5.76 Å². The van der Waals surface area contributed by atoms with E-state index < -0.39 is 0 Å². The number of hydrogen-bond acceptors (Lipinski definition) is 2. The molecule has 0 amide bonds. The Bertz CT molecular complexity index is 538. The third-order valence-corrected chi connectivity index (χ3v) is 6.53. The Labute approximate surface area is 102 Å². The minimum Gasteiger partial charge on any atom is -0.422 e. The summed E-state index contributed by atoms with van der Waals surface area (Å²) in [4.78, 5) is 2.75. The highest BCUT2D eigenvalue weighted by molar-refractivity contribution is 8.84. The Morgan fingerprint density at radius 3 is 2.56 bits per heavy atom. The molecular formula is C13H12OS2. The first kappa shape index (κ1) is 10.2. The molecule has 2 heterocycles. The van der Waals surface area contributed by atoms with E-state index in [4.69, 9.17) is 4.18 Å². The minimum atomic E-state index is -0.0920. The average molecular weight is 248 g/mol. The Kier molecular flexibility index (Phi) is 2.45. The normalized spacial score (nSPS) is 23.2. The SMILES string of the molecule is CC1=C(C)C2=S(OC(c3ccccc3)=C2)S1. The molecule has 0 radical (unpaired) electrons. The van der Waals surface area contributed by atoms with Gasteiger partial charge in [0.05, 0.1) is 14.7 Å². The van der Waals surface area contributed by atoms with E-state index in [1.807, 2.05) is 29.0 Å². The summed E-state index contributed by atoms with van der Waals surface area (Å²) in [6.07, 6.45) is 2.19. The van der Waals surface area contributed by atoms with Crippen LogP contribution in [-0.4, -0.2) is 4.86 Å². The van der Waals surface area contributed by atoms with Crippen molar-refractivity contribution in [1.82, 2.24) is 0 Å². The molecular weight excluding hydrogens is 236 g/mol. The molecule has 1 aromatic carbocycles. The maximum atomic E-state index is 5.99. The third-order valence-electron chi connectivity index (χ3n) is 2.76. The van der Waals surface area contributed by atoms with Crippen molar-refractivity contribution in [3.05, 3.63) is 52.4 Å². The molecule has 1 aromatic rings. The van der Waals surface area contributed by atoms with Gasteiger partial charge in [0.25, 0.3) is 0 Å². The van der Waals surface area contributed by atoms with Crippen LogP contribution in [0.1, 0.15) is 19.4 Å². The van der Waals surface area contributed by atoms with Crippen LogP contribution in [0, 0.1) is 0 Å². The number of allylic oxidation sites excluding steroid dienone is 3. The fourth-order valence-electron chi connectivity index (χ4n) is 1.70. The van der Waals surface area contributed by atoms with Crippen molar-refractivity contribution < 1.29 is 4.18 Å². The van der Waals surface area contributed by atoms with Crippen LogP contribution in [0.5, 0.6) is 0 Å². The zero-order valence-electron chi connectivity index (χ0n) is 9.19. The second-order valence-corrected chi connectivity index (χ2v) is 7.08. The van der Waals surface area contributed by atoms with Crippen molar-refractivity contribution in [2.75, 3.05) is 0 Å². The van der Waals surface area contributed by atoms with Crippen LogP contribution in [0.4, 0.5) is 0 Å². The highest BCUT2D eigenvalue weighted by atomic mass is 33.1. The molecule has 0 N–H and O–H groups in total. The van der Waals surface area contributed by atoms with Gasteiger partial charge in [0, 0.05) is 5.56 Å². The Hall–Kier alpha value is -0.930. The van der Waals surface area contributed by atoms with Crippen LogP contribution >= 0.6 is 20.6 Å². The molecule has 0 fully saturated rings. The molecule has 1 unspecified atom stereocenters. The number of benzene rings is 1. The lowest BCUT2D eigenvalue weighted by Crippen LogP contribution is -1.90. The van der Waals surface area contributed by atoms with E-state index in [1.54, 1.807) is 0 Å². The summed E-state index contributed by atoms with van der Waals surface area (Å²) in [7, 11) is 1.75. The van der Waals surface area contributed by atoms with Crippen LogP contribution in [0.15, 0.2) is 46.9 Å². The van der Waals surface area contributed by atoms with Crippen LogP contribution in [0.2, 0.25) is 0 Å². The van der Waals surface area contributed by atoms with E-state index in [-0.39, 0.29) is 9.80 Å². The number of rotatable bonds is 1. The highest BCUT2D eigenvalue weighted by Crippen LogP contribution is 2.53. The van der Waals surface area contributed by atoms with Crippen molar-refractivity contribution in [1.29, 1.82) is 0 Å². The van der Waals surface area contributed by atoms with E-state index in [1.165, 1.54) is 20.9 Å². The van der Waals surface area contributed by atoms with E-state index in [2.05, 4.69) is 32.1 Å². The van der Waals surface area contributed by atoms with Gasteiger partial charge in [-0.15, -0.1) is 0 Å². The smallest absolute Gasteiger partial charge is 0.146 e. The highest BCUT2D eigenvalue weighted by Gasteiger charge is 2.26. The molecule has 2 aliphatic rings. The van der Waals surface area contributed by atoms with Gasteiger partial charge in [-0.25, -0.2) is 0 Å². The summed E-state index contributed by atoms with van der Waals surface area (Å²) in [5.41, 5.74) is 2.56. The minimum absolute atomic E-state index is 0.0920. The summed E-state index contributed by atoms with van der Waals surface area (Å²) < 4.78 is 5.99. The molecule has 3 heteroatoms. The fourth-order valence-corrected chi connectivity index (χ4v) is 5.52. The fraction of sp³-hybridized carbons (Fsp3) is 0.154. The molecule has 0 bridgehead atoms. The molecule has 0 spiro atoms. The molecule has 0 saturated carbocycles. The van der Waals surface area contributed by atoms with Crippen LogP contribution < -0.4 is 0 Å². The average Bonchev–Trinajstić information content (AvgIpc) is 2.82. The largest absolute Gasteiger partial charge is 0.422 e. The third kappa shape index (κ3) is 1.55. The van der Waals surface area contributed by atoms with E-state index in [0.717, 1.165) is 5.76 Å². The molecule has 82 valence electrons. The standard InChI is InChI=1S/C13H12OS2/c1-9-10(2)15-16-13(9)8-12(14-16)11-6-4-3-5-7-11/h3-8H,1-2H3. The van der Waals surface area contributed by atoms with Crippen molar-refractivity contribution in [2.45, 2.75) is 13.8 Å². The summed E-state index contributed by atoms with van der Waals surface area (Å²) in [5, 5.41) is 0. The Morgan fingerprint density at radius 2 is 1.88 bits per heavy atom. The molecule has 1 nitrogen and oxygen atoms in total. The predicted molar refractivity (Wildman–Crippen MR) is 74.1 cm³/mol. The Balaban J connectivity index is 1.96. The molecule has 3 rings (SSSR count). The van der Waals surface area contributed by atoms with Crippen molar-refractivity contribution in [3.63, 3.8) is 0 Å². The predicted octanol–water partition coefficient (Wildman–Crippen LogP) is 4.37. The van der Waals surface area contributed by atoms with E-state index in [0.29, 0.717) is 0 Å². The monoisotopic (exact) mass is 248 g/mol. The first-order valence-electron chi connectivity index (χ1n) is 5.18. The molecule has 1 atom stereocenters. The summed E-state index contributed by atoms with van der Waals surface area (Å²) >= 11 is 0. The zero-order chi connectivity index (χ0) is 11.1. The summed E-state index contributed by atoms with van der Waals surface area (Å²) in [5.74, 6) is 1.01. The lowest BCUT2D eigenvalue weighted by Gasteiger charge is -2.06. The first-order chi connectivity index (χ1) is 7.75. The van der Waals surface area contributed by atoms with Crippen LogP contribution in [-0.2, 0) is 4.18 Å². The van der Waals surface area contributed by atoms with Gasteiger partial charge < -0.3 is 4.18 Å². The molecule has 2 aliphatic heterocycles. The summed E-state index contributed by atoms with van der Waals surface area (Å²) in [6, 6.07) is 10.3. The van der Waals surface area contributed by atoms with Gasteiger partial charge in [-0.05, 0) is 41.2 Å². The second-order valence-electron chi connectivity index (χ2n) is 3.82.